The molecule has 4 aromatic heterocycles. The Morgan fingerprint density at radius 3 is 2.46 bits per heavy atom. The summed E-state index contributed by atoms with van der Waals surface area (Å²) in [5.41, 5.74) is 12.5. The van der Waals surface area contributed by atoms with Gasteiger partial charge in [-0.2, -0.15) is 9.61 Å². The van der Waals surface area contributed by atoms with E-state index in [1.807, 2.05) is 13.8 Å². The number of fused-ring (bicyclic) bond motifs is 2. The van der Waals surface area contributed by atoms with Crippen LogP contribution in [0.5, 0.6) is 0 Å². The maximum absolute atomic E-state index is 14.3. The van der Waals surface area contributed by atoms with Gasteiger partial charge in [-0.25, -0.2) is 18.2 Å². The summed E-state index contributed by atoms with van der Waals surface area (Å²) in [4.78, 5) is 11.9. The highest BCUT2D eigenvalue weighted by atomic mass is 19.1. The molecule has 3 N–H and O–H groups in total. The molecule has 35 heavy (non-hydrogen) atoms. The molecule has 180 valence electrons. The highest BCUT2D eigenvalue weighted by Gasteiger charge is 2.23. The first-order valence-corrected chi connectivity index (χ1v) is 11.4. The summed E-state index contributed by atoms with van der Waals surface area (Å²) in [6, 6.07) is 3.55. The minimum Gasteiger partial charge on any atom is -0.383 e. The lowest BCUT2D eigenvalue weighted by atomic mass is 9.98. The molecular formula is C26H25F3N6. The van der Waals surface area contributed by atoms with E-state index in [1.54, 1.807) is 10.7 Å². The lowest BCUT2D eigenvalue weighted by molar-refractivity contribution is 0.591. The Morgan fingerprint density at radius 1 is 1.00 bits per heavy atom. The van der Waals surface area contributed by atoms with Crippen LogP contribution in [0.1, 0.15) is 47.8 Å². The molecule has 6 nitrogen and oxygen atoms in total. The normalized spacial score (nSPS) is 11.9. The van der Waals surface area contributed by atoms with E-state index in [4.69, 9.17) is 10.7 Å². The SMILES string of the molecule is Cc1nn2c(N)c(CCc3c(C)[nH]c4c(F)cc(F)cc34)c(-c3cncc(F)c3)nc2c1C(C)C. The van der Waals surface area contributed by atoms with Gasteiger partial charge < -0.3 is 10.7 Å². The van der Waals surface area contributed by atoms with E-state index in [0.29, 0.717) is 46.5 Å². The Labute approximate surface area is 200 Å². The van der Waals surface area contributed by atoms with Crippen molar-refractivity contribution in [2.45, 2.75) is 46.5 Å². The van der Waals surface area contributed by atoms with Crippen LogP contribution in [0.4, 0.5) is 19.0 Å². The average Bonchev–Trinajstić information content (AvgIpc) is 3.29. The molecule has 5 aromatic rings. The third kappa shape index (κ3) is 3.80. The summed E-state index contributed by atoms with van der Waals surface area (Å²) < 4.78 is 44.0. The second-order valence-corrected chi connectivity index (χ2v) is 9.14. The van der Waals surface area contributed by atoms with Gasteiger partial charge in [-0.1, -0.05) is 13.8 Å². The van der Waals surface area contributed by atoms with E-state index >= 15 is 0 Å². The first kappa shape index (κ1) is 22.9. The number of nitrogens with zero attached hydrogens (tertiary/aromatic N) is 4. The second kappa shape index (κ2) is 8.41. The van der Waals surface area contributed by atoms with Crippen molar-refractivity contribution in [3.63, 3.8) is 0 Å². The molecule has 0 spiro atoms. The van der Waals surface area contributed by atoms with Crippen molar-refractivity contribution in [2.24, 2.45) is 0 Å². The lowest BCUT2D eigenvalue weighted by Gasteiger charge is -2.15. The lowest BCUT2D eigenvalue weighted by Crippen LogP contribution is -2.10. The van der Waals surface area contributed by atoms with Gasteiger partial charge in [-0.3, -0.25) is 4.98 Å². The first-order chi connectivity index (χ1) is 16.7. The number of hydrogen-bond donors (Lipinski definition) is 2. The standard InChI is InChI=1S/C26H25F3N6/c1-12(2)22-14(4)34-35-25(30)19(23(33-26(22)35)15-7-17(28)11-31-10-15)6-5-18-13(3)32-24-20(18)8-16(27)9-21(24)29/h7-12,32H,5-6,30H2,1-4H3. The topological polar surface area (TPSA) is 84.9 Å². The third-order valence-electron chi connectivity index (χ3n) is 6.45. The van der Waals surface area contributed by atoms with Gasteiger partial charge >= 0.3 is 0 Å². The van der Waals surface area contributed by atoms with E-state index in [9.17, 15) is 13.2 Å². The van der Waals surface area contributed by atoms with Gasteiger partial charge in [0.1, 0.15) is 23.3 Å². The molecule has 0 aliphatic carbocycles. The summed E-state index contributed by atoms with van der Waals surface area (Å²) in [5, 5.41) is 5.10. The summed E-state index contributed by atoms with van der Waals surface area (Å²) >= 11 is 0. The minimum absolute atomic E-state index is 0.155. The van der Waals surface area contributed by atoms with Gasteiger partial charge in [-0.15, -0.1) is 0 Å². The fourth-order valence-corrected chi connectivity index (χ4v) is 4.90. The zero-order valence-corrected chi connectivity index (χ0v) is 19.9. The van der Waals surface area contributed by atoms with Crippen molar-refractivity contribution in [2.75, 3.05) is 5.73 Å². The van der Waals surface area contributed by atoms with Crippen LogP contribution < -0.4 is 5.73 Å². The third-order valence-corrected chi connectivity index (χ3v) is 6.45. The van der Waals surface area contributed by atoms with Gasteiger partial charge in [0.25, 0.3) is 0 Å². The number of hydrogen-bond acceptors (Lipinski definition) is 4. The molecule has 0 fully saturated rings. The number of benzene rings is 1. The number of H-pyrrole nitrogens is 1. The zero-order chi connectivity index (χ0) is 25.0. The van der Waals surface area contributed by atoms with Crippen molar-refractivity contribution in [3.8, 4) is 11.3 Å². The van der Waals surface area contributed by atoms with Gasteiger partial charge in [0.15, 0.2) is 5.65 Å². The molecule has 0 amide bonds. The second-order valence-electron chi connectivity index (χ2n) is 9.14. The van der Waals surface area contributed by atoms with Crippen molar-refractivity contribution in [1.82, 2.24) is 24.6 Å². The number of pyridine rings is 1. The Bertz CT molecular complexity index is 1600. The molecule has 9 heteroatoms. The molecular weight excluding hydrogens is 453 g/mol. The Balaban J connectivity index is 1.69. The van der Waals surface area contributed by atoms with Gasteiger partial charge in [0, 0.05) is 40.0 Å². The van der Waals surface area contributed by atoms with Crippen molar-refractivity contribution >= 4 is 22.4 Å². The fraction of sp³-hybridized carbons (Fsp3) is 0.269. The predicted molar refractivity (Wildman–Crippen MR) is 130 cm³/mol. The number of nitrogen functional groups attached to an aromatic ring is 1. The Kier molecular flexibility index (Phi) is 5.50. The average molecular weight is 479 g/mol. The van der Waals surface area contributed by atoms with Crippen LogP contribution in [0, 0.1) is 31.3 Å². The monoisotopic (exact) mass is 478 g/mol. The Morgan fingerprint density at radius 2 is 1.74 bits per heavy atom. The van der Waals surface area contributed by atoms with Gasteiger partial charge in [-0.05, 0) is 50.3 Å². The van der Waals surface area contributed by atoms with Crippen LogP contribution in [-0.2, 0) is 12.8 Å². The van der Waals surface area contributed by atoms with E-state index in [2.05, 4.69) is 28.9 Å². The largest absolute Gasteiger partial charge is 0.383 e. The van der Waals surface area contributed by atoms with Crippen LogP contribution >= 0.6 is 0 Å². The van der Waals surface area contributed by atoms with Crippen LogP contribution in [0.15, 0.2) is 30.6 Å². The number of halogens is 3. The minimum atomic E-state index is -0.642. The molecule has 1 aromatic carbocycles. The fourth-order valence-electron chi connectivity index (χ4n) is 4.90. The highest BCUT2D eigenvalue weighted by molar-refractivity contribution is 5.85. The number of aromatic nitrogens is 5. The van der Waals surface area contributed by atoms with E-state index in [1.165, 1.54) is 12.1 Å². The Hall–Kier alpha value is -3.88. The van der Waals surface area contributed by atoms with Crippen LogP contribution in [0.2, 0.25) is 0 Å². The maximum atomic E-state index is 14.3. The van der Waals surface area contributed by atoms with E-state index < -0.39 is 17.5 Å². The smallest absolute Gasteiger partial charge is 0.161 e. The molecule has 5 rings (SSSR count). The number of nitrogens with one attached hydrogen (secondary N) is 1. The molecule has 0 aliphatic rings. The molecule has 0 bridgehead atoms. The maximum Gasteiger partial charge on any atom is 0.161 e. The summed E-state index contributed by atoms with van der Waals surface area (Å²) in [5.74, 6) is -1.23. The summed E-state index contributed by atoms with van der Waals surface area (Å²) in [6.07, 6.45) is 3.50. The molecule has 0 unspecified atom stereocenters. The number of aryl methyl sites for hydroxylation is 3. The van der Waals surface area contributed by atoms with Crippen LogP contribution in [-0.4, -0.2) is 24.6 Å². The summed E-state index contributed by atoms with van der Waals surface area (Å²) in [7, 11) is 0. The number of nitrogens with two attached hydrogens (primary N) is 1. The van der Waals surface area contributed by atoms with Crippen molar-refractivity contribution in [3.05, 3.63) is 76.1 Å². The van der Waals surface area contributed by atoms with Crippen molar-refractivity contribution in [1.29, 1.82) is 0 Å². The molecule has 0 atom stereocenters. The van der Waals surface area contributed by atoms with Crippen LogP contribution in [0.3, 0.4) is 0 Å². The van der Waals surface area contributed by atoms with Crippen molar-refractivity contribution < 1.29 is 13.2 Å². The molecule has 0 radical (unpaired) electrons. The van der Waals surface area contributed by atoms with Gasteiger partial charge in [0.2, 0.25) is 0 Å². The number of rotatable bonds is 5. The van der Waals surface area contributed by atoms with E-state index in [0.717, 1.165) is 34.8 Å². The van der Waals surface area contributed by atoms with Crippen LogP contribution in [0.25, 0.3) is 27.8 Å². The highest BCUT2D eigenvalue weighted by Crippen LogP contribution is 2.34. The summed E-state index contributed by atoms with van der Waals surface area (Å²) in [6.45, 7) is 7.83. The molecule has 4 heterocycles. The zero-order valence-electron chi connectivity index (χ0n) is 19.9. The van der Waals surface area contributed by atoms with Gasteiger partial charge in [0.05, 0.1) is 23.1 Å². The first-order valence-electron chi connectivity index (χ1n) is 11.4. The quantitative estimate of drug-likeness (QED) is 0.334. The number of anilines is 1. The molecule has 0 saturated heterocycles. The molecule has 0 saturated carbocycles. The van der Waals surface area contributed by atoms with E-state index in [-0.39, 0.29) is 11.4 Å². The number of aromatic amines is 1. The predicted octanol–water partition coefficient (Wildman–Crippen LogP) is 5.80. The molecule has 0 aliphatic heterocycles.